The zero-order valence-electron chi connectivity index (χ0n) is 14.4. The van der Waals surface area contributed by atoms with Gasteiger partial charge in [0.2, 0.25) is 0 Å². The van der Waals surface area contributed by atoms with Crippen molar-refractivity contribution in [2.75, 3.05) is 6.66 Å². The lowest BCUT2D eigenvalue weighted by atomic mass is 9.91. The number of hydrogen-bond acceptors (Lipinski definition) is 0. The first-order valence-corrected chi connectivity index (χ1v) is 9.89. The van der Waals surface area contributed by atoms with E-state index in [0.717, 1.165) is 8.58 Å². The zero-order chi connectivity index (χ0) is 16.7. The SMILES string of the molecule is CPc1c(C)cc2ccccc2c1-c1cc(C)cc2ccccc12. The van der Waals surface area contributed by atoms with Crippen LogP contribution in [0.1, 0.15) is 11.1 Å². The van der Waals surface area contributed by atoms with Crippen LogP contribution >= 0.6 is 8.58 Å². The highest BCUT2D eigenvalue weighted by Gasteiger charge is 2.14. The van der Waals surface area contributed by atoms with Crippen molar-refractivity contribution >= 4 is 35.4 Å². The van der Waals surface area contributed by atoms with Crippen molar-refractivity contribution in [1.29, 1.82) is 0 Å². The summed E-state index contributed by atoms with van der Waals surface area (Å²) in [7, 11) is 0.784. The fourth-order valence-corrected chi connectivity index (χ4v) is 4.74. The van der Waals surface area contributed by atoms with Crippen molar-refractivity contribution in [3.8, 4) is 11.1 Å². The summed E-state index contributed by atoms with van der Waals surface area (Å²) < 4.78 is 0. The Morgan fingerprint density at radius 2 is 1.33 bits per heavy atom. The summed E-state index contributed by atoms with van der Waals surface area (Å²) in [4.78, 5) is 0. The third-order valence-electron chi connectivity index (χ3n) is 4.77. The number of hydrogen-bond donors (Lipinski definition) is 0. The maximum absolute atomic E-state index is 2.35. The van der Waals surface area contributed by atoms with Gasteiger partial charge in [0.1, 0.15) is 0 Å². The molecular weight excluding hydrogens is 307 g/mol. The van der Waals surface area contributed by atoms with E-state index in [1.165, 1.54) is 49.1 Å². The Labute approximate surface area is 145 Å². The second kappa shape index (κ2) is 6.04. The summed E-state index contributed by atoms with van der Waals surface area (Å²) in [5.41, 5.74) is 5.51. The van der Waals surface area contributed by atoms with Gasteiger partial charge in [-0.05, 0) is 69.6 Å². The van der Waals surface area contributed by atoms with E-state index in [1.54, 1.807) is 0 Å². The molecule has 0 aliphatic heterocycles. The first-order chi connectivity index (χ1) is 11.7. The van der Waals surface area contributed by atoms with Crippen LogP contribution in [0.5, 0.6) is 0 Å². The van der Waals surface area contributed by atoms with Gasteiger partial charge in [0.15, 0.2) is 0 Å². The Balaban J connectivity index is 2.22. The van der Waals surface area contributed by atoms with Crippen molar-refractivity contribution in [1.82, 2.24) is 0 Å². The predicted octanol–water partition coefficient (Wildman–Crippen LogP) is 6.21. The Morgan fingerprint density at radius 1 is 0.708 bits per heavy atom. The van der Waals surface area contributed by atoms with Crippen LogP contribution in [0.25, 0.3) is 32.7 Å². The maximum Gasteiger partial charge on any atom is -0.00221 e. The van der Waals surface area contributed by atoms with Gasteiger partial charge in [-0.1, -0.05) is 75.3 Å². The highest BCUT2D eigenvalue weighted by Crippen LogP contribution is 2.36. The van der Waals surface area contributed by atoms with E-state index in [0.29, 0.717) is 0 Å². The van der Waals surface area contributed by atoms with Gasteiger partial charge < -0.3 is 0 Å². The maximum atomic E-state index is 2.35. The molecule has 0 nitrogen and oxygen atoms in total. The summed E-state index contributed by atoms with van der Waals surface area (Å²) in [6, 6.07) is 24.5. The summed E-state index contributed by atoms with van der Waals surface area (Å²) in [5.74, 6) is 0. The van der Waals surface area contributed by atoms with Gasteiger partial charge in [-0.25, -0.2) is 0 Å². The number of rotatable bonds is 2. The molecule has 1 atom stereocenters. The molecule has 4 rings (SSSR count). The standard InChI is InChI=1S/C23H21P/c1-15-12-17-8-4-6-10-19(17)21(13-15)22-20-11-7-5-9-18(20)14-16(2)23(22)24-3/h4-14,24H,1-3H3. The van der Waals surface area contributed by atoms with E-state index < -0.39 is 0 Å². The van der Waals surface area contributed by atoms with Crippen LogP contribution in [0, 0.1) is 13.8 Å². The van der Waals surface area contributed by atoms with Gasteiger partial charge in [-0.2, -0.15) is 0 Å². The fraction of sp³-hybridized carbons (Fsp3) is 0.130. The van der Waals surface area contributed by atoms with Crippen LogP contribution in [0.3, 0.4) is 0 Å². The average Bonchev–Trinajstić information content (AvgIpc) is 2.59. The van der Waals surface area contributed by atoms with Crippen molar-refractivity contribution in [3.05, 3.63) is 77.9 Å². The largest absolute Gasteiger partial charge is 0.0926 e. The van der Waals surface area contributed by atoms with Crippen LogP contribution in [-0.2, 0) is 0 Å². The first kappa shape index (κ1) is 15.4. The lowest BCUT2D eigenvalue weighted by Gasteiger charge is -2.18. The molecule has 0 spiro atoms. The second-order valence-corrected chi connectivity index (χ2v) is 7.45. The lowest BCUT2D eigenvalue weighted by molar-refractivity contribution is 1.50. The summed E-state index contributed by atoms with van der Waals surface area (Å²) >= 11 is 0. The molecule has 118 valence electrons. The molecule has 4 aromatic rings. The second-order valence-electron chi connectivity index (χ2n) is 6.45. The van der Waals surface area contributed by atoms with Gasteiger partial charge in [-0.3, -0.25) is 0 Å². The number of fused-ring (bicyclic) bond motifs is 2. The van der Waals surface area contributed by atoms with Crippen LogP contribution < -0.4 is 5.30 Å². The topological polar surface area (TPSA) is 0 Å². The summed E-state index contributed by atoms with van der Waals surface area (Å²) in [5, 5.41) is 6.85. The van der Waals surface area contributed by atoms with E-state index in [1.807, 2.05) is 0 Å². The monoisotopic (exact) mass is 328 g/mol. The van der Waals surface area contributed by atoms with Crippen LogP contribution in [0.2, 0.25) is 0 Å². The zero-order valence-corrected chi connectivity index (χ0v) is 15.4. The molecule has 24 heavy (non-hydrogen) atoms. The van der Waals surface area contributed by atoms with E-state index in [4.69, 9.17) is 0 Å². The molecule has 4 aromatic carbocycles. The Hall–Kier alpha value is -2.17. The van der Waals surface area contributed by atoms with Crippen LogP contribution in [-0.4, -0.2) is 6.66 Å². The molecule has 0 bridgehead atoms. The van der Waals surface area contributed by atoms with Crippen molar-refractivity contribution < 1.29 is 0 Å². The minimum Gasteiger partial charge on any atom is -0.0926 e. The average molecular weight is 328 g/mol. The van der Waals surface area contributed by atoms with Gasteiger partial charge in [0, 0.05) is 0 Å². The van der Waals surface area contributed by atoms with E-state index in [2.05, 4.69) is 87.2 Å². The Kier molecular flexibility index (Phi) is 3.87. The third kappa shape index (κ3) is 2.43. The molecule has 0 heterocycles. The predicted molar refractivity (Wildman–Crippen MR) is 110 cm³/mol. The highest BCUT2D eigenvalue weighted by atomic mass is 31.1. The van der Waals surface area contributed by atoms with Crippen LogP contribution in [0.15, 0.2) is 66.7 Å². The molecule has 0 saturated carbocycles. The molecule has 0 aliphatic rings. The van der Waals surface area contributed by atoms with Gasteiger partial charge in [0.05, 0.1) is 0 Å². The van der Waals surface area contributed by atoms with Gasteiger partial charge >= 0.3 is 0 Å². The highest BCUT2D eigenvalue weighted by molar-refractivity contribution is 7.47. The molecule has 0 fully saturated rings. The van der Waals surface area contributed by atoms with Crippen molar-refractivity contribution in [2.24, 2.45) is 0 Å². The quantitative estimate of drug-likeness (QED) is 0.384. The normalized spacial score (nSPS) is 11.8. The smallest absolute Gasteiger partial charge is 0.00221 e. The third-order valence-corrected chi connectivity index (χ3v) is 5.92. The summed E-state index contributed by atoms with van der Waals surface area (Å²) in [6.45, 7) is 6.74. The van der Waals surface area contributed by atoms with E-state index >= 15 is 0 Å². The van der Waals surface area contributed by atoms with E-state index in [9.17, 15) is 0 Å². The molecule has 1 heteroatoms. The molecule has 0 radical (unpaired) electrons. The number of aryl methyl sites for hydroxylation is 2. The Bertz CT molecular complexity index is 1060. The minimum absolute atomic E-state index is 0.784. The van der Waals surface area contributed by atoms with Gasteiger partial charge in [-0.15, -0.1) is 0 Å². The van der Waals surface area contributed by atoms with E-state index in [-0.39, 0.29) is 0 Å². The molecule has 1 unspecified atom stereocenters. The van der Waals surface area contributed by atoms with Crippen LogP contribution in [0.4, 0.5) is 0 Å². The van der Waals surface area contributed by atoms with Crippen molar-refractivity contribution in [2.45, 2.75) is 13.8 Å². The van der Waals surface area contributed by atoms with Gasteiger partial charge in [0.25, 0.3) is 0 Å². The molecule has 0 aromatic heterocycles. The molecule has 0 N–H and O–H groups in total. The molecular formula is C23H21P. The molecule has 0 aliphatic carbocycles. The number of benzene rings is 4. The minimum atomic E-state index is 0.784. The first-order valence-electron chi connectivity index (χ1n) is 8.39. The molecule has 0 saturated heterocycles. The fourth-order valence-electron chi connectivity index (χ4n) is 3.76. The molecule has 0 amide bonds. The summed E-state index contributed by atoms with van der Waals surface area (Å²) in [6.07, 6.45) is 0. The van der Waals surface area contributed by atoms with Crippen molar-refractivity contribution in [3.63, 3.8) is 0 Å². The lowest BCUT2D eigenvalue weighted by Crippen LogP contribution is -2.06. The Morgan fingerprint density at radius 3 is 2.04 bits per heavy atom.